The molecule has 1 N–H and O–H groups in total. The van der Waals surface area contributed by atoms with Crippen LogP contribution in [0.15, 0.2) is 0 Å². The zero-order valence-corrected chi connectivity index (χ0v) is 13.9. The van der Waals surface area contributed by atoms with E-state index < -0.39 is 0 Å². The van der Waals surface area contributed by atoms with Crippen LogP contribution in [0.1, 0.15) is 57.8 Å². The number of nitrogens with one attached hydrogen (secondary N) is 1. The number of hydrogen-bond donors (Lipinski definition) is 1. The summed E-state index contributed by atoms with van der Waals surface area (Å²) in [6.45, 7) is 3.32. The molecule has 5 heteroatoms. The van der Waals surface area contributed by atoms with Crippen molar-refractivity contribution in [1.29, 1.82) is 0 Å². The second-order valence-electron chi connectivity index (χ2n) is 6.78. The molecule has 22 heavy (non-hydrogen) atoms. The second-order valence-corrected chi connectivity index (χ2v) is 6.78. The summed E-state index contributed by atoms with van der Waals surface area (Å²) in [5.41, 5.74) is 0.286. The Morgan fingerprint density at radius 3 is 2.68 bits per heavy atom. The standard InChI is InChI=1S/C17H30N2O3/c1-22-14-4-2-3-5-16(21)19-12-9-17(10-13-19)7-6-15(20)18-11-8-17/h2-14H2,1H3,(H,18,20). The van der Waals surface area contributed by atoms with E-state index in [0.717, 1.165) is 71.2 Å². The smallest absolute Gasteiger partial charge is 0.222 e. The zero-order chi connectivity index (χ0) is 15.8. The van der Waals surface area contributed by atoms with Crippen molar-refractivity contribution in [2.24, 2.45) is 5.41 Å². The molecule has 2 saturated heterocycles. The average Bonchev–Trinajstić information content (AvgIpc) is 2.70. The van der Waals surface area contributed by atoms with Gasteiger partial charge in [0.2, 0.25) is 11.8 Å². The minimum absolute atomic E-state index is 0.187. The van der Waals surface area contributed by atoms with Crippen molar-refractivity contribution in [2.45, 2.75) is 57.8 Å². The third-order valence-corrected chi connectivity index (χ3v) is 5.28. The van der Waals surface area contributed by atoms with Gasteiger partial charge in [-0.1, -0.05) is 6.42 Å². The molecule has 0 radical (unpaired) electrons. The molecule has 0 aliphatic carbocycles. The minimum Gasteiger partial charge on any atom is -0.385 e. The summed E-state index contributed by atoms with van der Waals surface area (Å²) in [6.07, 6.45) is 8.52. The van der Waals surface area contributed by atoms with Crippen LogP contribution in [0.2, 0.25) is 0 Å². The number of amides is 2. The Hall–Kier alpha value is -1.10. The molecule has 5 nitrogen and oxygen atoms in total. The Morgan fingerprint density at radius 1 is 1.18 bits per heavy atom. The van der Waals surface area contributed by atoms with E-state index in [-0.39, 0.29) is 11.3 Å². The van der Waals surface area contributed by atoms with Crippen molar-refractivity contribution in [2.75, 3.05) is 33.4 Å². The van der Waals surface area contributed by atoms with Gasteiger partial charge in [-0.2, -0.15) is 0 Å². The van der Waals surface area contributed by atoms with Gasteiger partial charge in [-0.15, -0.1) is 0 Å². The van der Waals surface area contributed by atoms with E-state index >= 15 is 0 Å². The maximum Gasteiger partial charge on any atom is 0.222 e. The van der Waals surface area contributed by atoms with Crippen molar-refractivity contribution in [3.63, 3.8) is 0 Å². The topological polar surface area (TPSA) is 58.6 Å². The van der Waals surface area contributed by atoms with E-state index in [0.29, 0.717) is 18.7 Å². The predicted octanol–water partition coefficient (Wildman–Crippen LogP) is 2.10. The van der Waals surface area contributed by atoms with Crippen molar-refractivity contribution in [3.8, 4) is 0 Å². The van der Waals surface area contributed by atoms with Gasteiger partial charge < -0.3 is 15.0 Å². The van der Waals surface area contributed by atoms with Crippen LogP contribution < -0.4 is 5.32 Å². The Bertz CT molecular complexity index is 376. The Labute approximate surface area is 133 Å². The number of unbranched alkanes of at least 4 members (excludes halogenated alkanes) is 2. The maximum atomic E-state index is 12.3. The summed E-state index contributed by atoms with van der Waals surface area (Å²) in [5, 5.41) is 2.96. The molecule has 2 amide bonds. The van der Waals surface area contributed by atoms with Gasteiger partial charge >= 0.3 is 0 Å². The van der Waals surface area contributed by atoms with Gasteiger partial charge in [0.15, 0.2) is 0 Å². The van der Waals surface area contributed by atoms with Crippen LogP contribution in [0.3, 0.4) is 0 Å². The monoisotopic (exact) mass is 310 g/mol. The molecular weight excluding hydrogens is 280 g/mol. The molecule has 2 fully saturated rings. The number of piperidine rings is 1. The highest BCUT2D eigenvalue weighted by Crippen LogP contribution is 2.40. The number of nitrogens with zero attached hydrogens (tertiary/aromatic N) is 1. The fourth-order valence-corrected chi connectivity index (χ4v) is 3.65. The zero-order valence-electron chi connectivity index (χ0n) is 13.9. The van der Waals surface area contributed by atoms with Gasteiger partial charge in [-0.05, 0) is 43.9 Å². The summed E-state index contributed by atoms with van der Waals surface area (Å²) in [4.78, 5) is 25.8. The van der Waals surface area contributed by atoms with E-state index in [1.165, 1.54) is 0 Å². The van der Waals surface area contributed by atoms with Crippen molar-refractivity contribution in [3.05, 3.63) is 0 Å². The molecule has 0 bridgehead atoms. The Kier molecular flexibility index (Phi) is 6.68. The summed E-state index contributed by atoms with van der Waals surface area (Å²) >= 11 is 0. The number of hydrogen-bond acceptors (Lipinski definition) is 3. The van der Waals surface area contributed by atoms with E-state index in [9.17, 15) is 9.59 Å². The molecule has 0 atom stereocenters. The molecular formula is C17H30N2O3. The van der Waals surface area contributed by atoms with Gasteiger partial charge in [-0.3, -0.25) is 9.59 Å². The predicted molar refractivity (Wildman–Crippen MR) is 85.5 cm³/mol. The fraction of sp³-hybridized carbons (Fsp3) is 0.882. The van der Waals surface area contributed by atoms with Crippen LogP contribution >= 0.6 is 0 Å². The third-order valence-electron chi connectivity index (χ3n) is 5.28. The molecule has 0 aromatic heterocycles. The second kappa shape index (κ2) is 8.51. The first-order valence-electron chi connectivity index (χ1n) is 8.69. The van der Waals surface area contributed by atoms with Crippen LogP contribution in [-0.4, -0.2) is 50.1 Å². The highest BCUT2D eigenvalue weighted by atomic mass is 16.5. The Morgan fingerprint density at radius 2 is 1.95 bits per heavy atom. The SMILES string of the molecule is COCCCCCC(=O)N1CCC2(CCNC(=O)CC2)CC1. The third kappa shape index (κ3) is 4.97. The maximum absolute atomic E-state index is 12.3. The number of rotatable bonds is 6. The minimum atomic E-state index is 0.187. The van der Waals surface area contributed by atoms with E-state index in [4.69, 9.17) is 4.74 Å². The van der Waals surface area contributed by atoms with Crippen LogP contribution in [0, 0.1) is 5.41 Å². The quantitative estimate of drug-likeness (QED) is 0.764. The van der Waals surface area contributed by atoms with Gasteiger partial charge in [0, 0.05) is 46.2 Å². The number of likely N-dealkylation sites (tertiary alicyclic amines) is 1. The molecule has 1 spiro atoms. The van der Waals surface area contributed by atoms with Gasteiger partial charge in [-0.25, -0.2) is 0 Å². The van der Waals surface area contributed by atoms with Crippen molar-refractivity contribution >= 4 is 11.8 Å². The number of ether oxygens (including phenoxy) is 1. The molecule has 0 aromatic rings. The van der Waals surface area contributed by atoms with E-state index in [2.05, 4.69) is 5.32 Å². The van der Waals surface area contributed by atoms with Gasteiger partial charge in [0.05, 0.1) is 0 Å². The van der Waals surface area contributed by atoms with Crippen molar-refractivity contribution in [1.82, 2.24) is 10.2 Å². The summed E-state index contributed by atoms with van der Waals surface area (Å²) in [6, 6.07) is 0. The summed E-state index contributed by atoms with van der Waals surface area (Å²) < 4.78 is 5.02. The Balaban J connectivity index is 1.69. The highest BCUT2D eigenvalue weighted by Gasteiger charge is 2.36. The van der Waals surface area contributed by atoms with Crippen LogP contribution in [0.4, 0.5) is 0 Å². The average molecular weight is 310 g/mol. The highest BCUT2D eigenvalue weighted by molar-refractivity contribution is 5.77. The van der Waals surface area contributed by atoms with Gasteiger partial charge in [0.1, 0.15) is 0 Å². The normalized spacial score (nSPS) is 21.5. The number of carbonyl (C=O) groups is 2. The van der Waals surface area contributed by atoms with Crippen LogP contribution in [0.25, 0.3) is 0 Å². The van der Waals surface area contributed by atoms with Crippen LogP contribution in [-0.2, 0) is 14.3 Å². The largest absolute Gasteiger partial charge is 0.385 e. The lowest BCUT2D eigenvalue weighted by Crippen LogP contribution is -2.43. The fourth-order valence-electron chi connectivity index (χ4n) is 3.65. The number of methoxy groups -OCH3 is 1. The van der Waals surface area contributed by atoms with Crippen molar-refractivity contribution < 1.29 is 14.3 Å². The lowest BCUT2D eigenvalue weighted by Gasteiger charge is -2.41. The molecule has 0 aromatic carbocycles. The molecule has 2 heterocycles. The first-order valence-corrected chi connectivity index (χ1v) is 8.69. The first-order chi connectivity index (χ1) is 10.7. The lowest BCUT2D eigenvalue weighted by molar-refractivity contribution is -0.134. The molecule has 2 aliphatic rings. The lowest BCUT2D eigenvalue weighted by atomic mass is 9.73. The number of carbonyl (C=O) groups excluding carboxylic acids is 2. The summed E-state index contributed by atoms with van der Waals surface area (Å²) in [5.74, 6) is 0.488. The molecule has 2 aliphatic heterocycles. The molecule has 2 rings (SSSR count). The molecule has 0 unspecified atom stereocenters. The van der Waals surface area contributed by atoms with Gasteiger partial charge in [0.25, 0.3) is 0 Å². The summed E-state index contributed by atoms with van der Waals surface area (Å²) in [7, 11) is 1.71. The van der Waals surface area contributed by atoms with E-state index in [1.807, 2.05) is 4.90 Å². The molecule has 126 valence electrons. The van der Waals surface area contributed by atoms with Crippen LogP contribution in [0.5, 0.6) is 0 Å². The molecule has 0 saturated carbocycles. The van der Waals surface area contributed by atoms with E-state index in [1.54, 1.807) is 7.11 Å². The first kappa shape index (κ1) is 17.3.